The third-order valence-corrected chi connectivity index (χ3v) is 2.57. The molecule has 0 saturated carbocycles. The molecule has 1 aromatic carbocycles. The van der Waals surface area contributed by atoms with Crippen LogP contribution in [0.25, 0.3) is 5.57 Å². The van der Waals surface area contributed by atoms with Crippen LogP contribution in [-0.4, -0.2) is 18.0 Å². The molecule has 0 radical (unpaired) electrons. The van der Waals surface area contributed by atoms with Gasteiger partial charge in [-0.25, -0.2) is 0 Å². The van der Waals surface area contributed by atoms with Crippen molar-refractivity contribution in [1.29, 1.82) is 0 Å². The Labute approximate surface area is 105 Å². The highest BCUT2D eigenvalue weighted by Crippen LogP contribution is 2.14. The fourth-order valence-corrected chi connectivity index (χ4v) is 1.86. The summed E-state index contributed by atoms with van der Waals surface area (Å²) in [5.74, 6) is 0.662. The number of rotatable bonds is 6. The number of allylic oxidation sites excluding steroid dienone is 1. The van der Waals surface area contributed by atoms with Gasteiger partial charge in [0, 0.05) is 19.3 Å². The second-order valence-corrected chi connectivity index (χ2v) is 4.81. The topological polar surface area (TPSA) is 3.24 Å². The minimum absolute atomic E-state index is 0.662. The first-order chi connectivity index (χ1) is 8.13. The Kier molecular flexibility index (Phi) is 5.55. The van der Waals surface area contributed by atoms with Crippen LogP contribution in [0.1, 0.15) is 26.3 Å². The minimum atomic E-state index is 0.662. The Bertz CT molecular complexity index is 362. The Morgan fingerprint density at radius 3 is 2.47 bits per heavy atom. The van der Waals surface area contributed by atoms with Gasteiger partial charge in [-0.2, -0.15) is 0 Å². The van der Waals surface area contributed by atoms with E-state index >= 15 is 0 Å². The fourth-order valence-electron chi connectivity index (χ4n) is 1.86. The van der Waals surface area contributed by atoms with Gasteiger partial charge in [0.1, 0.15) is 0 Å². The molecule has 0 unspecified atom stereocenters. The molecule has 0 atom stereocenters. The van der Waals surface area contributed by atoms with Gasteiger partial charge in [-0.15, -0.1) is 6.58 Å². The molecule has 1 aromatic rings. The summed E-state index contributed by atoms with van der Waals surface area (Å²) < 4.78 is 0. The van der Waals surface area contributed by atoms with E-state index in [1.165, 1.54) is 11.1 Å². The van der Waals surface area contributed by atoms with Crippen LogP contribution in [0.5, 0.6) is 0 Å². The highest BCUT2D eigenvalue weighted by molar-refractivity contribution is 5.63. The number of nitrogens with zero attached hydrogens (tertiary/aromatic N) is 1. The molecule has 0 aromatic heterocycles. The average molecular weight is 229 g/mol. The minimum Gasteiger partial charge on any atom is -0.373 e. The molecule has 0 bridgehead atoms. The number of hydrogen-bond donors (Lipinski definition) is 0. The lowest BCUT2D eigenvalue weighted by atomic mass is 10.1. The van der Waals surface area contributed by atoms with E-state index in [1.54, 1.807) is 0 Å². The zero-order chi connectivity index (χ0) is 12.7. The highest BCUT2D eigenvalue weighted by Gasteiger charge is 2.02. The predicted octanol–water partition coefficient (Wildman–Crippen LogP) is 4.19. The van der Waals surface area contributed by atoms with Crippen molar-refractivity contribution >= 4 is 5.57 Å². The highest BCUT2D eigenvalue weighted by atomic mass is 15.1. The second-order valence-electron chi connectivity index (χ2n) is 4.81. The van der Waals surface area contributed by atoms with Crippen molar-refractivity contribution in [2.75, 3.05) is 13.1 Å². The van der Waals surface area contributed by atoms with Crippen LogP contribution >= 0.6 is 0 Å². The molecular formula is C16H23N. The van der Waals surface area contributed by atoms with E-state index in [9.17, 15) is 0 Å². The molecule has 0 saturated heterocycles. The third-order valence-electron chi connectivity index (χ3n) is 2.57. The summed E-state index contributed by atoms with van der Waals surface area (Å²) in [5, 5.41) is 0. The molecule has 0 heterocycles. The molecule has 0 aliphatic rings. The molecule has 92 valence electrons. The Morgan fingerprint density at radius 2 is 1.94 bits per heavy atom. The van der Waals surface area contributed by atoms with Gasteiger partial charge in [-0.05, 0) is 24.0 Å². The van der Waals surface area contributed by atoms with Crippen LogP contribution in [0.4, 0.5) is 0 Å². The molecular weight excluding hydrogens is 206 g/mol. The SMILES string of the molecule is C=CCN(/C=C(/C)c1ccccc1)CC(C)C. The molecule has 0 amide bonds. The van der Waals surface area contributed by atoms with Crippen LogP contribution < -0.4 is 0 Å². The standard InChI is InChI=1S/C16H23N/c1-5-11-17(12-14(2)3)13-15(4)16-9-7-6-8-10-16/h5-10,13-14H,1,11-12H2,2-4H3/b15-13-. The van der Waals surface area contributed by atoms with E-state index < -0.39 is 0 Å². The van der Waals surface area contributed by atoms with Crippen LogP contribution in [0.2, 0.25) is 0 Å². The summed E-state index contributed by atoms with van der Waals surface area (Å²) in [6.45, 7) is 12.4. The Morgan fingerprint density at radius 1 is 1.29 bits per heavy atom. The van der Waals surface area contributed by atoms with Crippen molar-refractivity contribution in [1.82, 2.24) is 4.90 Å². The van der Waals surface area contributed by atoms with Crippen LogP contribution in [0.3, 0.4) is 0 Å². The lowest BCUT2D eigenvalue weighted by Gasteiger charge is -2.22. The first kappa shape index (κ1) is 13.6. The summed E-state index contributed by atoms with van der Waals surface area (Å²) in [7, 11) is 0. The van der Waals surface area contributed by atoms with E-state index in [1.807, 2.05) is 12.1 Å². The van der Waals surface area contributed by atoms with Crippen LogP contribution in [0.15, 0.2) is 49.2 Å². The van der Waals surface area contributed by atoms with Crippen molar-refractivity contribution < 1.29 is 0 Å². The molecule has 0 N–H and O–H groups in total. The van der Waals surface area contributed by atoms with Gasteiger partial charge in [-0.1, -0.05) is 50.3 Å². The first-order valence-electron chi connectivity index (χ1n) is 6.22. The summed E-state index contributed by atoms with van der Waals surface area (Å²) in [4.78, 5) is 2.32. The predicted molar refractivity (Wildman–Crippen MR) is 76.7 cm³/mol. The van der Waals surface area contributed by atoms with Crippen LogP contribution in [-0.2, 0) is 0 Å². The van der Waals surface area contributed by atoms with Crippen molar-refractivity contribution in [2.45, 2.75) is 20.8 Å². The van der Waals surface area contributed by atoms with E-state index in [-0.39, 0.29) is 0 Å². The fraction of sp³-hybridized carbons (Fsp3) is 0.375. The van der Waals surface area contributed by atoms with Crippen molar-refractivity contribution in [3.63, 3.8) is 0 Å². The summed E-state index contributed by atoms with van der Waals surface area (Å²) in [5.41, 5.74) is 2.58. The molecule has 1 rings (SSSR count). The molecule has 1 nitrogen and oxygen atoms in total. The maximum atomic E-state index is 3.82. The monoisotopic (exact) mass is 229 g/mol. The molecule has 0 spiro atoms. The van der Waals surface area contributed by atoms with E-state index in [2.05, 4.69) is 62.7 Å². The lowest BCUT2D eigenvalue weighted by Crippen LogP contribution is -2.22. The molecule has 1 heteroatoms. The third kappa shape index (κ3) is 4.90. The molecule has 0 aliphatic heterocycles. The number of hydrogen-bond acceptors (Lipinski definition) is 1. The van der Waals surface area contributed by atoms with Crippen LogP contribution in [0, 0.1) is 5.92 Å². The van der Waals surface area contributed by atoms with Gasteiger partial charge < -0.3 is 4.90 Å². The lowest BCUT2D eigenvalue weighted by molar-refractivity contribution is 0.361. The van der Waals surface area contributed by atoms with E-state index in [0.717, 1.165) is 13.1 Å². The average Bonchev–Trinajstić information content (AvgIpc) is 2.29. The van der Waals surface area contributed by atoms with Crippen molar-refractivity contribution in [2.24, 2.45) is 5.92 Å². The smallest absolute Gasteiger partial charge is 0.0351 e. The maximum Gasteiger partial charge on any atom is 0.0351 e. The number of benzene rings is 1. The Balaban J connectivity index is 2.79. The van der Waals surface area contributed by atoms with E-state index in [4.69, 9.17) is 0 Å². The van der Waals surface area contributed by atoms with Gasteiger partial charge >= 0.3 is 0 Å². The first-order valence-corrected chi connectivity index (χ1v) is 6.22. The van der Waals surface area contributed by atoms with Gasteiger partial charge in [0.15, 0.2) is 0 Å². The second kappa shape index (κ2) is 6.95. The maximum absolute atomic E-state index is 3.82. The summed E-state index contributed by atoms with van der Waals surface area (Å²) in [6, 6.07) is 10.5. The van der Waals surface area contributed by atoms with E-state index in [0.29, 0.717) is 5.92 Å². The summed E-state index contributed by atoms with van der Waals surface area (Å²) >= 11 is 0. The molecule has 17 heavy (non-hydrogen) atoms. The van der Waals surface area contributed by atoms with Gasteiger partial charge in [0.25, 0.3) is 0 Å². The van der Waals surface area contributed by atoms with Gasteiger partial charge in [0.2, 0.25) is 0 Å². The Hall–Kier alpha value is -1.50. The molecule has 0 aliphatic carbocycles. The zero-order valence-electron chi connectivity index (χ0n) is 11.2. The zero-order valence-corrected chi connectivity index (χ0v) is 11.2. The van der Waals surface area contributed by atoms with Gasteiger partial charge in [0.05, 0.1) is 0 Å². The van der Waals surface area contributed by atoms with Crippen molar-refractivity contribution in [3.05, 3.63) is 54.8 Å². The largest absolute Gasteiger partial charge is 0.373 e. The summed E-state index contributed by atoms with van der Waals surface area (Å²) in [6.07, 6.45) is 4.19. The van der Waals surface area contributed by atoms with Gasteiger partial charge in [-0.3, -0.25) is 0 Å². The van der Waals surface area contributed by atoms with Crippen molar-refractivity contribution in [3.8, 4) is 0 Å². The molecule has 0 fully saturated rings. The normalized spacial score (nSPS) is 11.6. The quantitative estimate of drug-likeness (QED) is 0.661.